The predicted molar refractivity (Wildman–Crippen MR) is 125 cm³/mol. The molecule has 0 radical (unpaired) electrons. The van der Waals surface area contributed by atoms with Crippen molar-refractivity contribution >= 4 is 23.4 Å². The molecule has 0 aliphatic carbocycles. The van der Waals surface area contributed by atoms with E-state index < -0.39 is 0 Å². The number of rotatable bonds is 7. The summed E-state index contributed by atoms with van der Waals surface area (Å²) in [4.78, 5) is 40.9. The first-order valence-electron chi connectivity index (χ1n) is 11.5. The second-order valence-electron chi connectivity index (χ2n) is 8.99. The zero-order valence-electron chi connectivity index (χ0n) is 18.8. The van der Waals surface area contributed by atoms with E-state index >= 15 is 0 Å². The van der Waals surface area contributed by atoms with Crippen molar-refractivity contribution in [3.8, 4) is 0 Å². The molecular formula is C26H31N3O3. The smallest absolute Gasteiger partial charge is 0.261 e. The van der Waals surface area contributed by atoms with Crippen molar-refractivity contribution in [1.82, 2.24) is 10.2 Å². The van der Waals surface area contributed by atoms with Gasteiger partial charge in [-0.1, -0.05) is 31.2 Å². The monoisotopic (exact) mass is 433 g/mol. The number of carbonyl (C=O) groups excluding carboxylic acids is 3. The van der Waals surface area contributed by atoms with E-state index in [2.05, 4.69) is 41.4 Å². The van der Waals surface area contributed by atoms with Gasteiger partial charge in [-0.2, -0.15) is 0 Å². The summed E-state index contributed by atoms with van der Waals surface area (Å²) in [6.45, 7) is 6.71. The van der Waals surface area contributed by atoms with Crippen LogP contribution in [0.5, 0.6) is 0 Å². The van der Waals surface area contributed by atoms with Crippen LogP contribution >= 0.6 is 0 Å². The van der Waals surface area contributed by atoms with Crippen molar-refractivity contribution in [2.24, 2.45) is 5.92 Å². The lowest BCUT2D eigenvalue weighted by Gasteiger charge is -2.33. The molecule has 2 atom stereocenters. The molecule has 6 nitrogen and oxygen atoms in total. The second kappa shape index (κ2) is 9.55. The largest absolute Gasteiger partial charge is 0.371 e. The first kappa shape index (κ1) is 22.1. The standard InChI is InChI=1S/C26H31N3O3/c1-18-7-5-15-28(17-18)21-13-11-20(12-14-21)19(2)27-24(30)10-6-16-29-25(31)22-8-3-4-9-23(22)26(29)32/h3-4,8-9,11-14,18-19H,5-7,10,15-17H2,1-2H3,(H,27,30)/t18-,19+/m0/s1. The Labute approximate surface area is 189 Å². The minimum Gasteiger partial charge on any atom is -0.371 e. The molecule has 1 fully saturated rings. The average molecular weight is 434 g/mol. The number of anilines is 1. The number of fused-ring (bicyclic) bond motifs is 1. The number of nitrogens with zero attached hydrogens (tertiary/aromatic N) is 2. The van der Waals surface area contributed by atoms with E-state index in [0.717, 1.165) is 24.6 Å². The van der Waals surface area contributed by atoms with Crippen LogP contribution in [0.25, 0.3) is 0 Å². The Balaban J connectivity index is 1.25. The van der Waals surface area contributed by atoms with E-state index in [1.807, 2.05) is 6.92 Å². The lowest BCUT2D eigenvalue weighted by molar-refractivity contribution is -0.121. The normalized spacial score (nSPS) is 19.1. The molecule has 6 heteroatoms. The molecule has 0 saturated carbocycles. The SMILES string of the molecule is C[C@H]1CCCN(c2ccc([C@@H](C)NC(=O)CCCN3C(=O)c4ccccc4C3=O)cc2)C1. The number of hydrogen-bond donors (Lipinski definition) is 1. The summed E-state index contributed by atoms with van der Waals surface area (Å²) in [6, 6.07) is 15.2. The van der Waals surface area contributed by atoms with Gasteiger partial charge in [0, 0.05) is 31.7 Å². The third-order valence-corrected chi connectivity index (χ3v) is 6.46. The summed E-state index contributed by atoms with van der Waals surface area (Å²) < 4.78 is 0. The van der Waals surface area contributed by atoms with E-state index in [1.165, 1.54) is 23.4 Å². The number of hydrogen-bond acceptors (Lipinski definition) is 4. The van der Waals surface area contributed by atoms with Crippen molar-refractivity contribution in [1.29, 1.82) is 0 Å². The van der Waals surface area contributed by atoms with Crippen molar-refractivity contribution < 1.29 is 14.4 Å². The molecule has 32 heavy (non-hydrogen) atoms. The van der Waals surface area contributed by atoms with Gasteiger partial charge in [-0.05, 0) is 61.9 Å². The molecule has 4 rings (SSSR count). The fourth-order valence-electron chi connectivity index (χ4n) is 4.63. The highest BCUT2D eigenvalue weighted by molar-refractivity contribution is 6.21. The molecule has 2 aliphatic heterocycles. The summed E-state index contributed by atoms with van der Waals surface area (Å²) in [5.74, 6) is 0.0927. The van der Waals surface area contributed by atoms with Crippen LogP contribution < -0.4 is 10.2 Å². The van der Waals surface area contributed by atoms with Crippen LogP contribution in [-0.2, 0) is 4.79 Å². The van der Waals surface area contributed by atoms with Crippen LogP contribution in [0.15, 0.2) is 48.5 Å². The molecule has 0 bridgehead atoms. The second-order valence-corrected chi connectivity index (χ2v) is 8.99. The van der Waals surface area contributed by atoms with Gasteiger partial charge in [-0.15, -0.1) is 0 Å². The predicted octanol–water partition coefficient (Wildman–Crippen LogP) is 4.18. The van der Waals surface area contributed by atoms with Gasteiger partial charge in [-0.3, -0.25) is 19.3 Å². The molecule has 0 aromatic heterocycles. The number of benzene rings is 2. The van der Waals surface area contributed by atoms with Crippen molar-refractivity contribution in [3.63, 3.8) is 0 Å². The van der Waals surface area contributed by atoms with Gasteiger partial charge in [0.1, 0.15) is 0 Å². The molecule has 2 aromatic rings. The van der Waals surface area contributed by atoms with Crippen molar-refractivity contribution in [3.05, 3.63) is 65.2 Å². The van der Waals surface area contributed by atoms with E-state index in [1.54, 1.807) is 24.3 Å². The molecule has 3 amide bonds. The Bertz CT molecular complexity index is 967. The maximum atomic E-state index is 12.4. The van der Waals surface area contributed by atoms with Gasteiger partial charge >= 0.3 is 0 Å². The van der Waals surface area contributed by atoms with E-state index in [-0.39, 0.29) is 36.7 Å². The van der Waals surface area contributed by atoms with E-state index in [4.69, 9.17) is 0 Å². The summed E-state index contributed by atoms with van der Waals surface area (Å²) >= 11 is 0. The Kier molecular flexibility index (Phi) is 6.58. The zero-order valence-corrected chi connectivity index (χ0v) is 18.8. The quantitative estimate of drug-likeness (QED) is 0.665. The first-order valence-corrected chi connectivity index (χ1v) is 11.5. The topological polar surface area (TPSA) is 69.7 Å². The minimum absolute atomic E-state index is 0.0805. The third kappa shape index (κ3) is 4.69. The van der Waals surface area contributed by atoms with Gasteiger partial charge in [0.05, 0.1) is 17.2 Å². The summed E-state index contributed by atoms with van der Waals surface area (Å²) in [6.07, 6.45) is 3.23. The Hall–Kier alpha value is -3.15. The molecule has 1 saturated heterocycles. The Morgan fingerprint density at radius 3 is 2.34 bits per heavy atom. The molecule has 2 heterocycles. The number of amides is 3. The molecule has 0 unspecified atom stereocenters. The van der Waals surface area contributed by atoms with Gasteiger partial charge in [0.15, 0.2) is 0 Å². The molecule has 2 aliphatic rings. The number of piperidine rings is 1. The Morgan fingerprint density at radius 2 is 1.72 bits per heavy atom. The minimum atomic E-state index is -0.275. The van der Waals surface area contributed by atoms with Crippen LogP contribution in [0.2, 0.25) is 0 Å². The van der Waals surface area contributed by atoms with Gasteiger partial charge in [-0.25, -0.2) is 0 Å². The maximum absolute atomic E-state index is 12.4. The third-order valence-electron chi connectivity index (χ3n) is 6.46. The average Bonchev–Trinajstić information content (AvgIpc) is 3.04. The molecule has 168 valence electrons. The number of carbonyl (C=O) groups is 3. The van der Waals surface area contributed by atoms with E-state index in [0.29, 0.717) is 17.5 Å². The van der Waals surface area contributed by atoms with Crippen LogP contribution in [-0.4, -0.2) is 42.3 Å². The van der Waals surface area contributed by atoms with Gasteiger partial charge in [0.2, 0.25) is 5.91 Å². The zero-order chi connectivity index (χ0) is 22.7. The molecule has 0 spiro atoms. The molecule has 2 aromatic carbocycles. The highest BCUT2D eigenvalue weighted by Crippen LogP contribution is 2.25. The van der Waals surface area contributed by atoms with Gasteiger partial charge in [0.25, 0.3) is 11.8 Å². The number of nitrogens with one attached hydrogen (secondary N) is 1. The van der Waals surface area contributed by atoms with Crippen LogP contribution in [0, 0.1) is 5.92 Å². The van der Waals surface area contributed by atoms with Crippen LogP contribution in [0.4, 0.5) is 5.69 Å². The van der Waals surface area contributed by atoms with Crippen molar-refractivity contribution in [2.75, 3.05) is 24.5 Å². The fourth-order valence-corrected chi connectivity index (χ4v) is 4.63. The highest BCUT2D eigenvalue weighted by atomic mass is 16.2. The lowest BCUT2D eigenvalue weighted by Crippen LogP contribution is -2.34. The highest BCUT2D eigenvalue weighted by Gasteiger charge is 2.34. The number of imide groups is 1. The molecular weight excluding hydrogens is 402 g/mol. The summed E-state index contributed by atoms with van der Waals surface area (Å²) in [5.41, 5.74) is 3.18. The fraction of sp³-hybridized carbons (Fsp3) is 0.423. The van der Waals surface area contributed by atoms with E-state index in [9.17, 15) is 14.4 Å². The lowest BCUT2D eigenvalue weighted by atomic mass is 9.99. The first-order chi connectivity index (χ1) is 15.4. The van der Waals surface area contributed by atoms with Crippen molar-refractivity contribution in [2.45, 2.75) is 45.6 Å². The van der Waals surface area contributed by atoms with Gasteiger partial charge < -0.3 is 10.2 Å². The van der Waals surface area contributed by atoms with Crippen LogP contribution in [0.1, 0.15) is 71.9 Å². The molecule has 1 N–H and O–H groups in total. The maximum Gasteiger partial charge on any atom is 0.261 e. The summed E-state index contributed by atoms with van der Waals surface area (Å²) in [5, 5.41) is 3.03. The Morgan fingerprint density at radius 1 is 1.06 bits per heavy atom. The van der Waals surface area contributed by atoms with Crippen LogP contribution in [0.3, 0.4) is 0 Å². The summed E-state index contributed by atoms with van der Waals surface area (Å²) in [7, 11) is 0.